The minimum absolute atomic E-state index is 0.406. The summed E-state index contributed by atoms with van der Waals surface area (Å²) in [7, 11) is 0. The van der Waals surface area contributed by atoms with Crippen molar-refractivity contribution < 1.29 is 4.74 Å². The Hall–Kier alpha value is -0.0800. The topological polar surface area (TPSA) is 35.2 Å². The average molecular weight is 171 g/mol. The summed E-state index contributed by atoms with van der Waals surface area (Å²) in [5, 5.41) is 0. The molecule has 1 saturated heterocycles. The van der Waals surface area contributed by atoms with Gasteiger partial charge in [-0.3, -0.25) is 0 Å². The Morgan fingerprint density at radius 1 is 1.33 bits per heavy atom. The Kier molecular flexibility index (Phi) is 3.13. The molecule has 12 heavy (non-hydrogen) atoms. The second-order valence-corrected chi connectivity index (χ2v) is 4.59. The number of ether oxygens (including phenoxy) is 1. The van der Waals surface area contributed by atoms with Crippen LogP contribution in [0.3, 0.4) is 0 Å². The number of rotatable bonds is 4. The van der Waals surface area contributed by atoms with Gasteiger partial charge in [-0.25, -0.2) is 0 Å². The van der Waals surface area contributed by atoms with E-state index in [1.165, 1.54) is 6.42 Å². The molecule has 2 heteroatoms. The fraction of sp³-hybridized carbons (Fsp3) is 1.00. The van der Waals surface area contributed by atoms with Crippen molar-refractivity contribution in [1.82, 2.24) is 0 Å². The molecule has 0 bridgehead atoms. The summed E-state index contributed by atoms with van der Waals surface area (Å²) in [5.74, 6) is 1.36. The average Bonchev–Trinajstić information content (AvgIpc) is 1.95. The summed E-state index contributed by atoms with van der Waals surface area (Å²) in [6.07, 6.45) is 1.26. The summed E-state index contributed by atoms with van der Waals surface area (Å²) in [6.45, 7) is 9.40. The van der Waals surface area contributed by atoms with Crippen molar-refractivity contribution in [3.05, 3.63) is 0 Å². The molecule has 0 radical (unpaired) electrons. The van der Waals surface area contributed by atoms with Gasteiger partial charge in [-0.1, -0.05) is 20.8 Å². The Balaban J connectivity index is 2.50. The fourth-order valence-corrected chi connectivity index (χ4v) is 2.03. The molecule has 1 fully saturated rings. The summed E-state index contributed by atoms with van der Waals surface area (Å²) in [6, 6.07) is 0. The smallest absolute Gasteiger partial charge is 0.0547 e. The molecule has 2 N–H and O–H groups in total. The molecule has 0 aromatic rings. The third-order valence-corrected chi connectivity index (χ3v) is 2.99. The molecule has 0 aromatic heterocycles. The van der Waals surface area contributed by atoms with Gasteiger partial charge in [0.25, 0.3) is 0 Å². The lowest BCUT2D eigenvalue weighted by Crippen LogP contribution is -2.50. The van der Waals surface area contributed by atoms with Crippen LogP contribution in [0.2, 0.25) is 0 Å². The van der Waals surface area contributed by atoms with Gasteiger partial charge in [0, 0.05) is 5.41 Å². The largest absolute Gasteiger partial charge is 0.380 e. The van der Waals surface area contributed by atoms with Gasteiger partial charge in [0.1, 0.15) is 0 Å². The summed E-state index contributed by atoms with van der Waals surface area (Å²) >= 11 is 0. The quantitative estimate of drug-likeness (QED) is 0.698. The van der Waals surface area contributed by atoms with Crippen LogP contribution in [0.15, 0.2) is 0 Å². The molecular weight excluding hydrogens is 150 g/mol. The van der Waals surface area contributed by atoms with Gasteiger partial charge in [0.2, 0.25) is 0 Å². The van der Waals surface area contributed by atoms with E-state index in [2.05, 4.69) is 20.8 Å². The standard InChI is InChI=1S/C10H21NO/c1-8(2)4-10(6-12-7-10)9(3)5-11/h8-9H,4-7,11H2,1-3H3. The zero-order chi connectivity index (χ0) is 9.19. The molecule has 72 valence electrons. The van der Waals surface area contributed by atoms with Gasteiger partial charge in [-0.15, -0.1) is 0 Å². The monoisotopic (exact) mass is 171 g/mol. The van der Waals surface area contributed by atoms with E-state index in [1.54, 1.807) is 0 Å². The van der Waals surface area contributed by atoms with Crippen LogP contribution in [-0.4, -0.2) is 19.8 Å². The third-order valence-electron chi connectivity index (χ3n) is 2.99. The molecule has 0 saturated carbocycles. The molecule has 1 rings (SSSR count). The lowest BCUT2D eigenvalue weighted by atomic mass is 9.69. The lowest BCUT2D eigenvalue weighted by molar-refractivity contribution is -0.150. The molecule has 2 nitrogen and oxygen atoms in total. The fourth-order valence-electron chi connectivity index (χ4n) is 2.03. The SMILES string of the molecule is CC(C)CC1(C(C)CN)COC1. The first-order chi connectivity index (χ1) is 5.60. The zero-order valence-corrected chi connectivity index (χ0v) is 8.47. The highest BCUT2D eigenvalue weighted by Crippen LogP contribution is 2.41. The van der Waals surface area contributed by atoms with Crippen LogP contribution >= 0.6 is 0 Å². The van der Waals surface area contributed by atoms with Crippen molar-refractivity contribution in [2.45, 2.75) is 27.2 Å². The van der Waals surface area contributed by atoms with E-state index in [9.17, 15) is 0 Å². The molecule has 0 amide bonds. The molecule has 1 aliphatic rings. The van der Waals surface area contributed by atoms with Crippen LogP contribution in [0.25, 0.3) is 0 Å². The van der Waals surface area contributed by atoms with Crippen LogP contribution in [0.1, 0.15) is 27.2 Å². The summed E-state index contributed by atoms with van der Waals surface area (Å²) in [5.41, 5.74) is 6.09. The first-order valence-electron chi connectivity index (χ1n) is 4.88. The van der Waals surface area contributed by atoms with Crippen LogP contribution in [0, 0.1) is 17.3 Å². The van der Waals surface area contributed by atoms with Gasteiger partial charge in [0.15, 0.2) is 0 Å². The highest BCUT2D eigenvalue weighted by molar-refractivity contribution is 4.91. The maximum Gasteiger partial charge on any atom is 0.0547 e. The van der Waals surface area contributed by atoms with Crippen LogP contribution in [0.5, 0.6) is 0 Å². The lowest BCUT2D eigenvalue weighted by Gasteiger charge is -2.47. The van der Waals surface area contributed by atoms with E-state index in [-0.39, 0.29) is 0 Å². The van der Waals surface area contributed by atoms with E-state index in [0.29, 0.717) is 11.3 Å². The number of hydrogen-bond acceptors (Lipinski definition) is 2. The molecule has 1 atom stereocenters. The van der Waals surface area contributed by atoms with E-state index in [0.717, 1.165) is 25.7 Å². The van der Waals surface area contributed by atoms with Crippen LogP contribution < -0.4 is 5.73 Å². The first-order valence-corrected chi connectivity index (χ1v) is 4.88. The second-order valence-electron chi connectivity index (χ2n) is 4.59. The molecule has 1 heterocycles. The molecular formula is C10H21NO. The highest BCUT2D eigenvalue weighted by atomic mass is 16.5. The van der Waals surface area contributed by atoms with E-state index in [4.69, 9.17) is 10.5 Å². The second kappa shape index (κ2) is 3.75. The van der Waals surface area contributed by atoms with E-state index >= 15 is 0 Å². The third kappa shape index (κ3) is 1.80. The summed E-state index contributed by atoms with van der Waals surface area (Å²) in [4.78, 5) is 0. The van der Waals surface area contributed by atoms with E-state index in [1.807, 2.05) is 0 Å². The zero-order valence-electron chi connectivity index (χ0n) is 8.47. The Morgan fingerprint density at radius 2 is 1.92 bits per heavy atom. The van der Waals surface area contributed by atoms with Crippen molar-refractivity contribution in [2.75, 3.05) is 19.8 Å². The van der Waals surface area contributed by atoms with Gasteiger partial charge in [0.05, 0.1) is 13.2 Å². The van der Waals surface area contributed by atoms with Gasteiger partial charge in [-0.2, -0.15) is 0 Å². The Bertz CT molecular complexity index is 141. The van der Waals surface area contributed by atoms with Crippen molar-refractivity contribution in [3.8, 4) is 0 Å². The molecule has 0 aliphatic carbocycles. The molecule has 1 unspecified atom stereocenters. The minimum Gasteiger partial charge on any atom is -0.380 e. The van der Waals surface area contributed by atoms with E-state index < -0.39 is 0 Å². The van der Waals surface area contributed by atoms with Crippen molar-refractivity contribution in [1.29, 1.82) is 0 Å². The van der Waals surface area contributed by atoms with Gasteiger partial charge >= 0.3 is 0 Å². The maximum atomic E-state index is 5.69. The van der Waals surface area contributed by atoms with Crippen LogP contribution in [-0.2, 0) is 4.74 Å². The Morgan fingerprint density at radius 3 is 2.17 bits per heavy atom. The predicted octanol–water partition coefficient (Wildman–Crippen LogP) is 1.64. The molecule has 1 aliphatic heterocycles. The minimum atomic E-state index is 0.406. The summed E-state index contributed by atoms with van der Waals surface area (Å²) < 4.78 is 5.31. The van der Waals surface area contributed by atoms with Crippen molar-refractivity contribution in [2.24, 2.45) is 23.0 Å². The van der Waals surface area contributed by atoms with Crippen molar-refractivity contribution >= 4 is 0 Å². The first kappa shape index (κ1) is 10.0. The van der Waals surface area contributed by atoms with Crippen LogP contribution in [0.4, 0.5) is 0 Å². The number of nitrogens with two attached hydrogens (primary N) is 1. The number of hydrogen-bond donors (Lipinski definition) is 1. The highest BCUT2D eigenvalue weighted by Gasteiger charge is 2.42. The molecule has 0 aromatic carbocycles. The van der Waals surface area contributed by atoms with Crippen molar-refractivity contribution in [3.63, 3.8) is 0 Å². The van der Waals surface area contributed by atoms with Gasteiger partial charge < -0.3 is 10.5 Å². The Labute approximate surface area is 75.5 Å². The van der Waals surface area contributed by atoms with Gasteiger partial charge in [-0.05, 0) is 24.8 Å². The predicted molar refractivity (Wildman–Crippen MR) is 50.9 cm³/mol. The maximum absolute atomic E-state index is 5.69. The molecule has 0 spiro atoms. The normalized spacial score (nSPS) is 23.8.